The van der Waals surface area contributed by atoms with Gasteiger partial charge in [0.1, 0.15) is 17.1 Å². The van der Waals surface area contributed by atoms with E-state index in [2.05, 4.69) is 24.9 Å². The lowest BCUT2D eigenvalue weighted by Gasteiger charge is -2.14. The van der Waals surface area contributed by atoms with Crippen molar-refractivity contribution >= 4 is 33.9 Å². The van der Waals surface area contributed by atoms with E-state index in [-0.39, 0.29) is 28.6 Å². The zero-order valence-electron chi connectivity index (χ0n) is 15.9. The smallest absolute Gasteiger partial charge is 0.429 e. The zero-order valence-corrected chi connectivity index (χ0v) is 16.7. The molecule has 0 aliphatic carbocycles. The molecule has 1 N–H and O–H groups in total. The van der Waals surface area contributed by atoms with E-state index < -0.39 is 28.7 Å². The number of rotatable bonds is 4. The monoisotopic (exact) mass is 471 g/mol. The minimum absolute atomic E-state index is 0.0782. The lowest BCUT2D eigenvalue weighted by molar-refractivity contribution is -0.139. The Kier molecular flexibility index (Phi) is 5.36. The van der Waals surface area contributed by atoms with Gasteiger partial charge in [0.25, 0.3) is 0 Å². The van der Waals surface area contributed by atoms with Crippen LogP contribution in [0.2, 0.25) is 0 Å². The van der Waals surface area contributed by atoms with Gasteiger partial charge in [-0.3, -0.25) is 4.98 Å². The van der Waals surface area contributed by atoms with E-state index in [1.54, 1.807) is 6.07 Å². The number of nitrogens with zero attached hydrogens (tertiary/aromatic N) is 4. The molecule has 0 fully saturated rings. The molecular formula is C19H11F6N5OS. The summed E-state index contributed by atoms with van der Waals surface area (Å²) in [6.07, 6.45) is -7.82. The second-order valence-electron chi connectivity index (χ2n) is 6.41. The maximum atomic E-state index is 13.2. The van der Waals surface area contributed by atoms with Crippen LogP contribution in [0, 0.1) is 0 Å². The van der Waals surface area contributed by atoms with Crippen LogP contribution in [0.4, 0.5) is 37.8 Å². The number of nitrogens with one attached hydrogen (secondary N) is 1. The van der Waals surface area contributed by atoms with Crippen LogP contribution in [-0.2, 0) is 12.4 Å². The van der Waals surface area contributed by atoms with Crippen LogP contribution in [0.1, 0.15) is 10.4 Å². The second kappa shape index (κ2) is 7.89. The van der Waals surface area contributed by atoms with Gasteiger partial charge >= 0.3 is 12.4 Å². The topological polar surface area (TPSA) is 72.8 Å². The Labute approximate surface area is 180 Å². The number of pyridine rings is 2. The summed E-state index contributed by atoms with van der Waals surface area (Å²) < 4.78 is 86.7. The zero-order chi connectivity index (χ0) is 23.1. The van der Waals surface area contributed by atoms with Gasteiger partial charge in [-0.2, -0.15) is 31.3 Å². The molecule has 0 unspecified atom stereocenters. The maximum Gasteiger partial charge on any atom is 0.429 e. The summed E-state index contributed by atoms with van der Waals surface area (Å²) in [7, 11) is 1.08. The Bertz CT molecular complexity index is 1290. The molecule has 0 aliphatic heterocycles. The fourth-order valence-corrected chi connectivity index (χ4v) is 3.54. The van der Waals surface area contributed by atoms with Gasteiger partial charge in [-0.15, -0.1) is 5.10 Å². The summed E-state index contributed by atoms with van der Waals surface area (Å²) >= 11 is 0.249. The Balaban J connectivity index is 1.71. The third-order valence-corrected chi connectivity index (χ3v) is 5.15. The van der Waals surface area contributed by atoms with E-state index in [0.717, 1.165) is 19.2 Å². The minimum Gasteiger partial charge on any atom is -0.481 e. The van der Waals surface area contributed by atoms with Crippen molar-refractivity contribution in [1.82, 2.24) is 19.6 Å². The van der Waals surface area contributed by atoms with Gasteiger partial charge in [-0.05, 0) is 35.8 Å². The molecule has 4 rings (SSSR count). The molecule has 3 aromatic heterocycles. The predicted molar refractivity (Wildman–Crippen MR) is 105 cm³/mol. The first-order chi connectivity index (χ1) is 15.1. The molecule has 0 saturated heterocycles. The van der Waals surface area contributed by atoms with Crippen molar-refractivity contribution in [3.8, 4) is 17.1 Å². The summed E-state index contributed by atoms with van der Waals surface area (Å²) in [6, 6.07) is 7.92. The van der Waals surface area contributed by atoms with Gasteiger partial charge in [-0.25, -0.2) is 0 Å². The number of halogens is 6. The van der Waals surface area contributed by atoms with Crippen molar-refractivity contribution in [2.45, 2.75) is 12.4 Å². The largest absolute Gasteiger partial charge is 0.481 e. The normalized spacial score (nSPS) is 12.2. The van der Waals surface area contributed by atoms with Gasteiger partial charge in [0.15, 0.2) is 4.88 Å². The van der Waals surface area contributed by atoms with Gasteiger partial charge in [0.2, 0.25) is 5.88 Å². The third kappa shape index (κ3) is 4.15. The summed E-state index contributed by atoms with van der Waals surface area (Å²) in [5.41, 5.74) is -0.376. The van der Waals surface area contributed by atoms with E-state index in [9.17, 15) is 26.3 Å². The molecule has 0 radical (unpaired) electrons. The van der Waals surface area contributed by atoms with E-state index in [4.69, 9.17) is 4.74 Å². The number of aromatic nitrogens is 4. The Hall–Kier alpha value is -3.48. The summed E-state index contributed by atoms with van der Waals surface area (Å²) in [5.74, 6) is -0.520. The Morgan fingerprint density at radius 3 is 2.44 bits per heavy atom. The van der Waals surface area contributed by atoms with E-state index in [1.807, 2.05) is 0 Å². The Morgan fingerprint density at radius 1 is 0.969 bits per heavy atom. The van der Waals surface area contributed by atoms with Crippen LogP contribution in [0.5, 0.6) is 5.88 Å². The molecule has 4 aromatic rings. The van der Waals surface area contributed by atoms with E-state index >= 15 is 0 Å². The first kappa shape index (κ1) is 21.7. The summed E-state index contributed by atoms with van der Waals surface area (Å²) in [4.78, 5) is 7.08. The minimum atomic E-state index is -4.63. The van der Waals surface area contributed by atoms with Gasteiger partial charge in [0.05, 0.1) is 18.3 Å². The van der Waals surface area contributed by atoms with Crippen molar-refractivity contribution in [1.29, 1.82) is 0 Å². The van der Waals surface area contributed by atoms with Crippen LogP contribution in [-0.4, -0.2) is 26.7 Å². The van der Waals surface area contributed by atoms with Crippen LogP contribution in [0.15, 0.2) is 42.6 Å². The van der Waals surface area contributed by atoms with Crippen LogP contribution in [0.3, 0.4) is 0 Å². The van der Waals surface area contributed by atoms with Crippen LogP contribution < -0.4 is 10.1 Å². The molecule has 166 valence electrons. The fraction of sp³-hybridized carbons (Fsp3) is 0.158. The second-order valence-corrected chi connectivity index (χ2v) is 7.17. The summed E-state index contributed by atoms with van der Waals surface area (Å²) in [5, 5.41) is 6.98. The SMILES string of the molecule is COc1nc(Nc2ccnc3cc(-c4nnsc4C(F)(F)F)ccc23)ccc1C(F)(F)F. The highest BCUT2D eigenvalue weighted by molar-refractivity contribution is 7.06. The standard InChI is InChI=1S/C19H11F6N5OS/c1-31-17-11(18(20,21)22)4-5-14(28-17)27-12-6-7-26-13-8-9(2-3-10(12)13)15-16(19(23,24)25)32-30-29-15/h2-8H,1H3,(H,26,27,28). The van der Waals surface area contributed by atoms with Crippen LogP contribution in [0.25, 0.3) is 22.2 Å². The van der Waals surface area contributed by atoms with Crippen molar-refractivity contribution < 1.29 is 31.1 Å². The molecule has 0 atom stereocenters. The van der Waals surface area contributed by atoms with Crippen molar-refractivity contribution in [3.63, 3.8) is 0 Å². The molecule has 13 heteroatoms. The number of methoxy groups -OCH3 is 1. The van der Waals surface area contributed by atoms with Crippen molar-refractivity contribution in [2.75, 3.05) is 12.4 Å². The maximum absolute atomic E-state index is 13.2. The first-order valence-corrected chi connectivity index (χ1v) is 9.53. The van der Waals surface area contributed by atoms with Gasteiger partial charge in [-0.1, -0.05) is 16.6 Å². The molecule has 0 saturated carbocycles. The quantitative estimate of drug-likeness (QED) is 0.372. The molecule has 0 amide bonds. The number of alkyl halides is 6. The molecule has 1 aromatic carbocycles. The predicted octanol–water partition coefficient (Wildman–Crippen LogP) is 5.94. The number of hydrogen-bond acceptors (Lipinski definition) is 7. The fourth-order valence-electron chi connectivity index (χ4n) is 2.99. The molecule has 0 spiro atoms. The number of fused-ring (bicyclic) bond motifs is 1. The van der Waals surface area contributed by atoms with E-state index in [1.165, 1.54) is 24.4 Å². The lowest BCUT2D eigenvalue weighted by Crippen LogP contribution is -2.09. The van der Waals surface area contributed by atoms with Crippen molar-refractivity contribution in [3.05, 3.63) is 53.0 Å². The number of benzene rings is 1. The molecule has 6 nitrogen and oxygen atoms in total. The average molecular weight is 471 g/mol. The van der Waals surface area contributed by atoms with Crippen molar-refractivity contribution in [2.24, 2.45) is 0 Å². The lowest BCUT2D eigenvalue weighted by atomic mass is 10.1. The Morgan fingerprint density at radius 2 is 1.75 bits per heavy atom. The third-order valence-electron chi connectivity index (χ3n) is 4.38. The van der Waals surface area contributed by atoms with Crippen LogP contribution >= 0.6 is 11.5 Å². The molecule has 0 aliphatic rings. The van der Waals surface area contributed by atoms with Gasteiger partial charge < -0.3 is 10.1 Å². The van der Waals surface area contributed by atoms with Gasteiger partial charge in [0, 0.05) is 17.1 Å². The molecule has 3 heterocycles. The number of ether oxygens (including phenoxy) is 1. The van der Waals surface area contributed by atoms with E-state index in [0.29, 0.717) is 16.6 Å². The summed E-state index contributed by atoms with van der Waals surface area (Å²) in [6.45, 7) is 0. The highest BCUT2D eigenvalue weighted by Crippen LogP contribution is 2.40. The molecule has 32 heavy (non-hydrogen) atoms. The average Bonchev–Trinajstić information content (AvgIpc) is 3.23. The highest BCUT2D eigenvalue weighted by atomic mass is 32.1. The number of hydrogen-bond donors (Lipinski definition) is 1. The molecule has 0 bridgehead atoms. The number of anilines is 2. The highest BCUT2D eigenvalue weighted by Gasteiger charge is 2.37. The first-order valence-electron chi connectivity index (χ1n) is 8.76. The molecular weight excluding hydrogens is 460 g/mol.